The van der Waals surface area contributed by atoms with E-state index in [2.05, 4.69) is 10.4 Å². The third-order valence-electron chi connectivity index (χ3n) is 4.93. The molecule has 1 fully saturated rings. The van der Waals surface area contributed by atoms with Crippen LogP contribution in [-0.4, -0.2) is 40.1 Å². The summed E-state index contributed by atoms with van der Waals surface area (Å²) < 4.78 is 6.93. The van der Waals surface area contributed by atoms with Crippen molar-refractivity contribution in [1.82, 2.24) is 20.0 Å². The minimum atomic E-state index is -0.413. The summed E-state index contributed by atoms with van der Waals surface area (Å²) in [6, 6.07) is 9.16. The van der Waals surface area contributed by atoms with Crippen molar-refractivity contribution in [3.63, 3.8) is 0 Å². The molecule has 2 amide bonds. The number of aromatic nitrogens is 2. The van der Waals surface area contributed by atoms with Gasteiger partial charge in [-0.1, -0.05) is 12.1 Å². The van der Waals surface area contributed by atoms with E-state index < -0.39 is 5.92 Å². The van der Waals surface area contributed by atoms with Crippen molar-refractivity contribution < 1.29 is 14.3 Å². The topological polar surface area (TPSA) is 76.5 Å². The highest BCUT2D eigenvalue weighted by atomic mass is 16.5. The molecule has 2 aromatic rings. The highest BCUT2D eigenvalue weighted by molar-refractivity contribution is 5.90. The maximum Gasteiger partial charge on any atom is 0.226 e. The summed E-state index contributed by atoms with van der Waals surface area (Å²) in [4.78, 5) is 27.0. The molecule has 2 heterocycles. The van der Waals surface area contributed by atoms with Crippen molar-refractivity contribution >= 4 is 11.8 Å². The summed E-state index contributed by atoms with van der Waals surface area (Å²) >= 11 is 0. The number of hydrogen-bond acceptors (Lipinski definition) is 4. The highest BCUT2D eigenvalue weighted by Crippen LogP contribution is 2.38. The van der Waals surface area contributed by atoms with E-state index in [1.54, 1.807) is 22.9 Å². The molecule has 1 aliphatic heterocycles. The van der Waals surface area contributed by atoms with Crippen LogP contribution in [0.5, 0.6) is 5.75 Å². The lowest BCUT2D eigenvalue weighted by Crippen LogP contribution is -2.35. The number of hydrogen-bond donors (Lipinski definition) is 1. The first-order valence-electron chi connectivity index (χ1n) is 8.73. The van der Waals surface area contributed by atoms with Crippen LogP contribution in [-0.2, 0) is 23.2 Å². The van der Waals surface area contributed by atoms with Gasteiger partial charge < -0.3 is 15.0 Å². The fourth-order valence-electron chi connectivity index (χ4n) is 3.50. The van der Waals surface area contributed by atoms with E-state index in [0.717, 1.165) is 17.0 Å². The summed E-state index contributed by atoms with van der Waals surface area (Å²) in [5.74, 6) is 0.229. The van der Waals surface area contributed by atoms with Gasteiger partial charge in [0.15, 0.2) is 0 Å². The second-order valence-electron chi connectivity index (χ2n) is 6.37. The van der Waals surface area contributed by atoms with Crippen molar-refractivity contribution in [3.8, 4) is 5.75 Å². The second-order valence-corrected chi connectivity index (χ2v) is 6.37. The lowest BCUT2D eigenvalue weighted by Gasteiger charge is -2.27. The first kappa shape index (κ1) is 18.0. The van der Waals surface area contributed by atoms with E-state index in [1.165, 1.54) is 0 Å². The standard InChI is InChI=1S/C19H24N4O3/c1-4-23-17(24)11-16(18(23)13-5-7-15(26-3)8-6-13)19(25)20-12-14-9-10-21-22(14)2/h5-10,16,18H,4,11-12H2,1-3H3,(H,20,25)/t16-,18+/m1/s1. The van der Waals surface area contributed by atoms with Crippen molar-refractivity contribution in [2.75, 3.05) is 13.7 Å². The average Bonchev–Trinajstić information content (AvgIpc) is 3.22. The molecule has 0 saturated carbocycles. The van der Waals surface area contributed by atoms with Gasteiger partial charge in [-0.25, -0.2) is 0 Å². The van der Waals surface area contributed by atoms with Gasteiger partial charge in [-0.05, 0) is 30.7 Å². The average molecular weight is 356 g/mol. The van der Waals surface area contributed by atoms with Crippen LogP contribution in [0.15, 0.2) is 36.5 Å². The van der Waals surface area contributed by atoms with Crippen LogP contribution < -0.4 is 10.1 Å². The fourth-order valence-corrected chi connectivity index (χ4v) is 3.50. The van der Waals surface area contributed by atoms with Crippen LogP contribution in [0.25, 0.3) is 0 Å². The van der Waals surface area contributed by atoms with Crippen molar-refractivity contribution in [2.24, 2.45) is 13.0 Å². The predicted molar refractivity (Wildman–Crippen MR) is 96.3 cm³/mol. The van der Waals surface area contributed by atoms with E-state index in [4.69, 9.17) is 4.74 Å². The van der Waals surface area contributed by atoms with Gasteiger partial charge in [0.25, 0.3) is 0 Å². The molecule has 1 N–H and O–H groups in total. The van der Waals surface area contributed by atoms with Crippen LogP contribution in [0, 0.1) is 5.92 Å². The number of benzene rings is 1. The van der Waals surface area contributed by atoms with Crippen LogP contribution in [0.1, 0.15) is 30.6 Å². The molecule has 7 nitrogen and oxygen atoms in total. The van der Waals surface area contributed by atoms with Gasteiger partial charge in [-0.3, -0.25) is 14.3 Å². The highest BCUT2D eigenvalue weighted by Gasteiger charge is 2.43. The summed E-state index contributed by atoms with van der Waals surface area (Å²) in [6.07, 6.45) is 1.92. The zero-order valence-electron chi connectivity index (χ0n) is 15.3. The summed E-state index contributed by atoms with van der Waals surface area (Å²) in [5.41, 5.74) is 1.86. The molecule has 1 saturated heterocycles. The third kappa shape index (κ3) is 3.42. The van der Waals surface area contributed by atoms with Gasteiger partial charge in [0.2, 0.25) is 11.8 Å². The SMILES string of the molecule is CCN1C(=O)C[C@@H](C(=O)NCc2ccnn2C)[C@@H]1c1ccc(OC)cc1. The molecule has 1 aromatic carbocycles. The van der Waals surface area contributed by atoms with Crippen molar-refractivity contribution in [3.05, 3.63) is 47.8 Å². The Hall–Kier alpha value is -2.83. The zero-order valence-corrected chi connectivity index (χ0v) is 15.3. The van der Waals surface area contributed by atoms with Gasteiger partial charge in [0, 0.05) is 26.2 Å². The number of carbonyl (C=O) groups is 2. The Morgan fingerprint density at radius 3 is 2.62 bits per heavy atom. The number of nitrogens with one attached hydrogen (secondary N) is 1. The predicted octanol–water partition coefficient (Wildman–Crippen LogP) is 1.65. The molecule has 0 unspecified atom stereocenters. The maximum absolute atomic E-state index is 12.8. The molecule has 1 aliphatic rings. The number of amides is 2. The number of nitrogens with zero attached hydrogens (tertiary/aromatic N) is 3. The Morgan fingerprint density at radius 1 is 1.31 bits per heavy atom. The van der Waals surface area contributed by atoms with Crippen LogP contribution in [0.3, 0.4) is 0 Å². The first-order valence-corrected chi connectivity index (χ1v) is 8.73. The Bertz CT molecular complexity index is 784. The van der Waals surface area contributed by atoms with Crippen LogP contribution in [0.2, 0.25) is 0 Å². The Balaban J connectivity index is 1.79. The molecular formula is C19H24N4O3. The number of aryl methyl sites for hydroxylation is 1. The van der Waals surface area contributed by atoms with E-state index in [9.17, 15) is 9.59 Å². The van der Waals surface area contributed by atoms with Gasteiger partial charge in [-0.2, -0.15) is 5.10 Å². The number of ether oxygens (including phenoxy) is 1. The first-order chi connectivity index (χ1) is 12.5. The number of carbonyl (C=O) groups excluding carboxylic acids is 2. The largest absolute Gasteiger partial charge is 0.497 e. The van der Waals surface area contributed by atoms with Gasteiger partial charge in [0.1, 0.15) is 5.75 Å². The van der Waals surface area contributed by atoms with E-state index in [-0.39, 0.29) is 24.3 Å². The molecule has 0 radical (unpaired) electrons. The smallest absolute Gasteiger partial charge is 0.226 e. The minimum absolute atomic E-state index is 0.00833. The summed E-state index contributed by atoms with van der Waals surface area (Å²) in [5, 5.41) is 7.05. The molecule has 26 heavy (non-hydrogen) atoms. The van der Waals surface area contributed by atoms with E-state index >= 15 is 0 Å². The monoisotopic (exact) mass is 356 g/mol. The summed E-state index contributed by atoms with van der Waals surface area (Å²) in [7, 11) is 3.45. The molecule has 0 spiro atoms. The quantitative estimate of drug-likeness (QED) is 0.854. The molecular weight excluding hydrogens is 332 g/mol. The van der Waals surface area contributed by atoms with Gasteiger partial charge >= 0.3 is 0 Å². The number of likely N-dealkylation sites (tertiary alicyclic amines) is 1. The van der Waals surface area contributed by atoms with Gasteiger partial charge in [0.05, 0.1) is 31.3 Å². The molecule has 2 atom stereocenters. The van der Waals surface area contributed by atoms with Crippen LogP contribution >= 0.6 is 0 Å². The minimum Gasteiger partial charge on any atom is -0.497 e. The number of rotatable bonds is 6. The zero-order chi connectivity index (χ0) is 18.7. The Kier molecular flexibility index (Phi) is 5.25. The fraction of sp³-hybridized carbons (Fsp3) is 0.421. The molecule has 0 aliphatic carbocycles. The van der Waals surface area contributed by atoms with Crippen LogP contribution in [0.4, 0.5) is 0 Å². The normalized spacial score (nSPS) is 19.7. The van der Waals surface area contributed by atoms with E-state index in [0.29, 0.717) is 13.1 Å². The van der Waals surface area contributed by atoms with Crippen molar-refractivity contribution in [2.45, 2.75) is 25.9 Å². The second kappa shape index (κ2) is 7.59. The summed E-state index contributed by atoms with van der Waals surface area (Å²) in [6.45, 7) is 2.90. The molecule has 7 heteroatoms. The molecule has 138 valence electrons. The van der Waals surface area contributed by atoms with Gasteiger partial charge in [-0.15, -0.1) is 0 Å². The molecule has 0 bridgehead atoms. The Morgan fingerprint density at radius 2 is 2.04 bits per heavy atom. The third-order valence-corrected chi connectivity index (χ3v) is 4.93. The number of methoxy groups -OCH3 is 1. The molecule has 3 rings (SSSR count). The maximum atomic E-state index is 12.8. The lowest BCUT2D eigenvalue weighted by atomic mass is 9.92. The van der Waals surface area contributed by atoms with E-state index in [1.807, 2.05) is 44.3 Å². The lowest BCUT2D eigenvalue weighted by molar-refractivity contribution is -0.129. The Labute approximate surface area is 152 Å². The molecule has 1 aromatic heterocycles. The van der Waals surface area contributed by atoms with Crippen molar-refractivity contribution in [1.29, 1.82) is 0 Å².